The van der Waals surface area contributed by atoms with E-state index in [1.54, 1.807) is 0 Å². The van der Waals surface area contributed by atoms with Crippen LogP contribution in [0, 0.1) is 0 Å². The zero-order valence-electron chi connectivity index (χ0n) is 13.6. The number of carbonyl (C=O) groups is 1. The Morgan fingerprint density at radius 1 is 1.12 bits per heavy atom. The minimum Gasteiger partial charge on any atom is -0.755 e. The predicted molar refractivity (Wildman–Crippen MR) is 97.1 cm³/mol. The van der Waals surface area contributed by atoms with Gasteiger partial charge in [-0.2, -0.15) is 0 Å². The van der Waals surface area contributed by atoms with Crippen LogP contribution in [-0.2, 0) is 16.7 Å². The van der Waals surface area contributed by atoms with Gasteiger partial charge in [-0.15, -0.1) is 0 Å². The highest BCUT2D eigenvalue weighted by Gasteiger charge is 2.14. The third kappa shape index (κ3) is 4.80. The molecule has 0 bridgehead atoms. The summed E-state index contributed by atoms with van der Waals surface area (Å²) in [6, 6.07) is 12.0. The summed E-state index contributed by atoms with van der Waals surface area (Å²) in [5.74, 6) is -0.352. The summed E-state index contributed by atoms with van der Waals surface area (Å²) in [5, 5.41) is 2.99. The smallest absolute Gasteiger partial charge is 0.255 e. The Morgan fingerprint density at radius 2 is 1.75 bits per heavy atom. The van der Waals surface area contributed by atoms with Gasteiger partial charge in [-0.1, -0.05) is 44.5 Å². The van der Waals surface area contributed by atoms with Crippen molar-refractivity contribution in [1.29, 1.82) is 0 Å². The first kappa shape index (κ1) is 18.4. The van der Waals surface area contributed by atoms with Crippen LogP contribution in [0.2, 0.25) is 5.02 Å². The van der Waals surface area contributed by atoms with Crippen molar-refractivity contribution in [3.63, 3.8) is 0 Å². The lowest BCUT2D eigenvalue weighted by Crippen LogP contribution is -2.14. The molecule has 7 heteroatoms. The summed E-state index contributed by atoms with van der Waals surface area (Å²) >= 11 is 3.38. The van der Waals surface area contributed by atoms with Crippen LogP contribution in [0.5, 0.6) is 0 Å². The summed E-state index contributed by atoms with van der Waals surface area (Å²) < 4.78 is 23.6. The summed E-state index contributed by atoms with van der Waals surface area (Å²) in [6.07, 6.45) is 0. The molecule has 0 heterocycles. The normalized spacial score (nSPS) is 12.5. The van der Waals surface area contributed by atoms with E-state index >= 15 is 0 Å². The average molecular weight is 366 g/mol. The zero-order valence-corrected chi connectivity index (χ0v) is 15.1. The van der Waals surface area contributed by atoms with Crippen LogP contribution < -0.4 is 10.0 Å². The highest BCUT2D eigenvalue weighted by molar-refractivity contribution is 7.80. The second-order valence-corrected chi connectivity index (χ2v) is 7.39. The maximum Gasteiger partial charge on any atom is 0.255 e. The van der Waals surface area contributed by atoms with Crippen LogP contribution in [0.15, 0.2) is 42.5 Å². The maximum atomic E-state index is 12.3. The number of halogens is 1. The molecule has 0 aromatic heterocycles. The molecule has 5 nitrogen and oxygen atoms in total. The minimum atomic E-state index is -2.51. The number of anilines is 2. The van der Waals surface area contributed by atoms with Gasteiger partial charge in [0.15, 0.2) is 0 Å². The molecule has 0 aliphatic carbocycles. The molecule has 0 radical (unpaired) electrons. The first-order valence-corrected chi connectivity index (χ1v) is 8.69. The Kier molecular flexibility index (Phi) is 5.64. The van der Waals surface area contributed by atoms with E-state index in [-0.39, 0.29) is 22.0 Å². The van der Waals surface area contributed by atoms with Crippen molar-refractivity contribution in [3.8, 4) is 0 Å². The van der Waals surface area contributed by atoms with Crippen LogP contribution in [0.4, 0.5) is 11.4 Å². The molecule has 0 saturated carbocycles. The molecule has 2 rings (SSSR count). The van der Waals surface area contributed by atoms with Crippen molar-refractivity contribution in [2.75, 3.05) is 10.0 Å². The summed E-state index contributed by atoms with van der Waals surface area (Å²) in [5.41, 5.74) is 2.31. The van der Waals surface area contributed by atoms with Gasteiger partial charge in [0, 0.05) is 22.5 Å². The summed E-state index contributed by atoms with van der Waals surface area (Å²) in [7, 11) is 0. The van der Waals surface area contributed by atoms with E-state index in [0.717, 1.165) is 5.56 Å². The third-order valence-corrected chi connectivity index (χ3v) is 4.15. The average Bonchev–Trinajstić information content (AvgIpc) is 2.48. The molecular formula is C17H18ClN2O3S-. The molecule has 0 saturated heterocycles. The Balaban J connectivity index is 2.16. The van der Waals surface area contributed by atoms with E-state index in [9.17, 15) is 13.6 Å². The van der Waals surface area contributed by atoms with Gasteiger partial charge in [0.25, 0.3) is 5.91 Å². The Labute approximate surface area is 148 Å². The fourth-order valence-electron chi connectivity index (χ4n) is 2.09. The molecule has 1 amide bonds. The van der Waals surface area contributed by atoms with Crippen molar-refractivity contribution in [1.82, 2.24) is 0 Å². The molecule has 24 heavy (non-hydrogen) atoms. The second kappa shape index (κ2) is 7.34. The third-order valence-electron chi connectivity index (χ3n) is 3.43. The van der Waals surface area contributed by atoms with Gasteiger partial charge in [0.1, 0.15) is 0 Å². The number of hydrogen-bond acceptors (Lipinski definition) is 3. The van der Waals surface area contributed by atoms with Crippen molar-refractivity contribution in [2.45, 2.75) is 26.2 Å². The van der Waals surface area contributed by atoms with E-state index < -0.39 is 11.3 Å². The van der Waals surface area contributed by atoms with E-state index in [2.05, 4.69) is 30.8 Å². The number of carbonyl (C=O) groups excluding carboxylic acids is 1. The number of nitrogens with one attached hydrogen (secondary N) is 2. The molecule has 1 unspecified atom stereocenters. The van der Waals surface area contributed by atoms with Gasteiger partial charge in [0.2, 0.25) is 0 Å². The number of benzene rings is 2. The summed E-state index contributed by atoms with van der Waals surface area (Å²) in [6.45, 7) is 6.34. The highest BCUT2D eigenvalue weighted by atomic mass is 35.5. The first-order valence-electron chi connectivity index (χ1n) is 7.24. The largest absolute Gasteiger partial charge is 0.755 e. The Hall–Kier alpha value is -1.89. The van der Waals surface area contributed by atoms with Crippen LogP contribution >= 0.6 is 11.6 Å². The molecule has 0 spiro atoms. The first-order chi connectivity index (χ1) is 11.2. The van der Waals surface area contributed by atoms with Crippen LogP contribution in [0.25, 0.3) is 0 Å². The van der Waals surface area contributed by atoms with E-state index in [4.69, 9.17) is 11.6 Å². The van der Waals surface area contributed by atoms with Gasteiger partial charge in [-0.3, -0.25) is 9.00 Å². The Bertz CT molecular complexity index is 770. The van der Waals surface area contributed by atoms with Crippen LogP contribution in [0.3, 0.4) is 0 Å². The fraction of sp³-hybridized carbons (Fsp3) is 0.235. The molecule has 2 aromatic rings. The van der Waals surface area contributed by atoms with E-state index in [1.807, 2.05) is 24.3 Å². The lowest BCUT2D eigenvalue weighted by Gasteiger charge is -2.19. The fourth-order valence-corrected chi connectivity index (χ4v) is 2.66. The quantitative estimate of drug-likeness (QED) is 0.800. The van der Waals surface area contributed by atoms with Crippen LogP contribution in [-0.4, -0.2) is 14.7 Å². The lowest BCUT2D eigenvalue weighted by atomic mass is 9.87. The summed E-state index contributed by atoms with van der Waals surface area (Å²) in [4.78, 5) is 12.3. The van der Waals surface area contributed by atoms with Gasteiger partial charge in [0.05, 0.1) is 10.7 Å². The highest BCUT2D eigenvalue weighted by Crippen LogP contribution is 2.25. The molecule has 1 atom stereocenters. The van der Waals surface area contributed by atoms with Crippen molar-refractivity contribution in [3.05, 3.63) is 58.6 Å². The molecule has 2 N–H and O–H groups in total. The standard InChI is InChI=1S/C17H19ClN2O3S/c1-17(2,3)12-5-7-13(8-6-12)19-16(21)11-4-9-14(18)15(10-11)20-24(22)23/h4-10,20H,1-3H3,(H,19,21)(H,22,23)/p-1. The van der Waals surface area contributed by atoms with E-state index in [1.165, 1.54) is 18.2 Å². The number of amides is 1. The van der Waals surface area contributed by atoms with Crippen molar-refractivity contribution < 1.29 is 13.6 Å². The van der Waals surface area contributed by atoms with E-state index in [0.29, 0.717) is 11.3 Å². The zero-order chi connectivity index (χ0) is 17.9. The van der Waals surface area contributed by atoms with Gasteiger partial charge in [-0.25, -0.2) is 0 Å². The van der Waals surface area contributed by atoms with Crippen LogP contribution in [0.1, 0.15) is 36.7 Å². The number of hydrogen-bond donors (Lipinski definition) is 2. The van der Waals surface area contributed by atoms with Gasteiger partial charge >= 0.3 is 0 Å². The molecule has 128 valence electrons. The SMILES string of the molecule is CC(C)(C)c1ccc(NC(=O)c2ccc(Cl)c(NS(=O)[O-])c2)cc1. The van der Waals surface area contributed by atoms with Gasteiger partial charge in [-0.05, 0) is 41.3 Å². The maximum absolute atomic E-state index is 12.3. The topological polar surface area (TPSA) is 81.3 Å². The molecule has 0 fully saturated rings. The van der Waals surface area contributed by atoms with Crippen molar-refractivity contribution in [2.24, 2.45) is 0 Å². The van der Waals surface area contributed by atoms with Gasteiger partial charge < -0.3 is 14.6 Å². The lowest BCUT2D eigenvalue weighted by molar-refractivity contribution is 0.102. The monoisotopic (exact) mass is 365 g/mol. The number of rotatable bonds is 4. The second-order valence-electron chi connectivity index (χ2n) is 6.31. The Morgan fingerprint density at radius 3 is 2.29 bits per heavy atom. The molecular weight excluding hydrogens is 348 g/mol. The molecule has 0 aliphatic heterocycles. The molecule has 2 aromatic carbocycles. The predicted octanol–water partition coefficient (Wildman–Crippen LogP) is 4.10. The van der Waals surface area contributed by atoms with Crippen molar-refractivity contribution >= 4 is 40.1 Å². The minimum absolute atomic E-state index is 0.0350. The molecule has 0 aliphatic rings.